The van der Waals surface area contributed by atoms with Crippen molar-refractivity contribution in [3.05, 3.63) is 95.1 Å². The molecule has 1 atom stereocenters. The van der Waals surface area contributed by atoms with E-state index < -0.39 is 11.8 Å². The molecule has 4 aromatic rings. The van der Waals surface area contributed by atoms with Crippen LogP contribution < -0.4 is 15.4 Å². The first-order valence-corrected chi connectivity index (χ1v) is 12.9. The molecule has 9 heteroatoms. The molecule has 1 fully saturated rings. The minimum Gasteiger partial charge on any atom is -0.375 e. The van der Waals surface area contributed by atoms with Gasteiger partial charge >= 0.3 is 12.1 Å². The zero-order chi connectivity index (χ0) is 26.1. The highest BCUT2D eigenvalue weighted by molar-refractivity contribution is 6.00. The molecule has 9 nitrogen and oxygen atoms in total. The highest BCUT2D eigenvalue weighted by atomic mass is 16.6. The highest BCUT2D eigenvalue weighted by Gasteiger charge is 2.49. The Kier molecular flexibility index (Phi) is 6.30. The maximum Gasteiger partial charge on any atom is 0.415 e. The number of nitrogens with one attached hydrogen (secondary N) is 3. The van der Waals surface area contributed by atoms with Gasteiger partial charge in [-0.1, -0.05) is 54.6 Å². The van der Waals surface area contributed by atoms with Crippen molar-refractivity contribution in [1.29, 1.82) is 0 Å². The summed E-state index contributed by atoms with van der Waals surface area (Å²) in [4.78, 5) is 34.7. The predicted molar refractivity (Wildman–Crippen MR) is 141 cm³/mol. The lowest BCUT2D eigenvalue weighted by atomic mass is 9.93. The van der Waals surface area contributed by atoms with Crippen molar-refractivity contribution < 1.29 is 19.4 Å². The number of carbonyl (C=O) groups excluding carboxylic acids is 2. The number of fused-ring (bicyclic) bond motifs is 2. The fourth-order valence-electron chi connectivity index (χ4n) is 5.36. The molecule has 3 aromatic carbocycles. The summed E-state index contributed by atoms with van der Waals surface area (Å²) in [6, 6.07) is 22.0. The summed E-state index contributed by atoms with van der Waals surface area (Å²) in [5.41, 5.74) is 1.86. The number of nitrogens with zero attached hydrogens (tertiary/aromatic N) is 2. The van der Waals surface area contributed by atoms with E-state index in [-0.39, 0.29) is 18.5 Å². The van der Waals surface area contributed by atoms with Crippen LogP contribution in [0.1, 0.15) is 39.9 Å². The number of benzene rings is 3. The summed E-state index contributed by atoms with van der Waals surface area (Å²) in [6.07, 6.45) is 1.47. The van der Waals surface area contributed by atoms with Gasteiger partial charge in [-0.05, 0) is 55.6 Å². The molecule has 1 unspecified atom stereocenters. The van der Waals surface area contributed by atoms with Gasteiger partial charge in [-0.2, -0.15) is 4.98 Å². The molecule has 0 spiro atoms. The number of carbonyl (C=O) groups is 2. The van der Waals surface area contributed by atoms with Gasteiger partial charge in [0, 0.05) is 29.8 Å². The molecule has 3 heterocycles. The van der Waals surface area contributed by atoms with Crippen LogP contribution in [-0.2, 0) is 12.3 Å². The van der Waals surface area contributed by atoms with E-state index in [2.05, 4.69) is 20.6 Å². The molecule has 1 saturated heterocycles. The number of ether oxygens (including phenoxy) is 1. The van der Waals surface area contributed by atoms with Crippen LogP contribution in [0.25, 0.3) is 11.0 Å². The zero-order valence-electron chi connectivity index (χ0n) is 20.8. The second-order valence-corrected chi connectivity index (χ2v) is 9.83. The van der Waals surface area contributed by atoms with Gasteiger partial charge in [-0.15, -0.1) is 0 Å². The standard InChI is InChI=1S/C29H29N5O4/c35-26-22-8-4-5-9-23(22)29(37,34(26)18-20-6-2-1-3-7-20)21-10-11-24-25(16-21)33-27(32-24)38-28(36)31-17-19-12-14-30-15-13-19/h1-11,16,19,30,37H,12-15,17-18H2,(H,31,36)(H,32,33). The van der Waals surface area contributed by atoms with E-state index in [9.17, 15) is 14.7 Å². The van der Waals surface area contributed by atoms with E-state index >= 15 is 0 Å². The Morgan fingerprint density at radius 3 is 2.66 bits per heavy atom. The van der Waals surface area contributed by atoms with Crippen molar-refractivity contribution in [1.82, 2.24) is 25.5 Å². The summed E-state index contributed by atoms with van der Waals surface area (Å²) >= 11 is 0. The van der Waals surface area contributed by atoms with Gasteiger partial charge in [-0.25, -0.2) is 4.79 Å². The van der Waals surface area contributed by atoms with Gasteiger partial charge in [0.25, 0.3) is 5.91 Å². The SMILES string of the molecule is O=C(NCC1CCNCC1)Oc1nc2ccc(C3(O)c4ccccc4C(=O)N3Cc3ccccc3)cc2[nH]1. The van der Waals surface area contributed by atoms with E-state index in [0.717, 1.165) is 31.5 Å². The molecule has 4 N–H and O–H groups in total. The minimum atomic E-state index is -1.68. The third-order valence-electron chi connectivity index (χ3n) is 7.40. The number of piperidine rings is 1. The molecule has 38 heavy (non-hydrogen) atoms. The lowest BCUT2D eigenvalue weighted by molar-refractivity contribution is -0.0542. The number of aromatic nitrogens is 2. The molecular weight excluding hydrogens is 482 g/mol. The van der Waals surface area contributed by atoms with Crippen molar-refractivity contribution in [2.45, 2.75) is 25.1 Å². The molecule has 0 saturated carbocycles. The molecule has 1 aromatic heterocycles. The Labute approximate surface area is 219 Å². The number of imidazole rings is 1. The Bertz CT molecular complexity index is 1480. The Morgan fingerprint density at radius 2 is 1.84 bits per heavy atom. The maximum absolute atomic E-state index is 13.4. The first-order valence-electron chi connectivity index (χ1n) is 12.9. The summed E-state index contributed by atoms with van der Waals surface area (Å²) in [5, 5.41) is 18.3. The molecule has 0 radical (unpaired) electrons. The number of aromatic amines is 1. The molecule has 2 amide bonds. The zero-order valence-corrected chi connectivity index (χ0v) is 20.8. The van der Waals surface area contributed by atoms with Gasteiger partial charge in [0.15, 0.2) is 5.72 Å². The largest absolute Gasteiger partial charge is 0.415 e. The average Bonchev–Trinajstić information content (AvgIpc) is 3.45. The van der Waals surface area contributed by atoms with Crippen LogP contribution in [0.15, 0.2) is 72.8 Å². The fourth-order valence-corrected chi connectivity index (χ4v) is 5.36. The van der Waals surface area contributed by atoms with Crippen LogP contribution in [0.4, 0.5) is 4.79 Å². The van der Waals surface area contributed by atoms with Crippen molar-refractivity contribution in [2.24, 2.45) is 5.92 Å². The molecule has 0 aliphatic carbocycles. The van der Waals surface area contributed by atoms with Crippen molar-refractivity contribution in [3.8, 4) is 6.01 Å². The monoisotopic (exact) mass is 511 g/mol. The first kappa shape index (κ1) is 24.1. The number of hydrogen-bond acceptors (Lipinski definition) is 6. The Balaban J connectivity index is 1.27. The Hall–Kier alpha value is -4.21. The van der Waals surface area contributed by atoms with E-state index in [1.165, 1.54) is 4.90 Å². The number of rotatable bonds is 6. The van der Waals surface area contributed by atoms with Crippen molar-refractivity contribution in [3.63, 3.8) is 0 Å². The summed E-state index contributed by atoms with van der Waals surface area (Å²) in [5.74, 6) is 0.185. The number of amides is 2. The van der Waals surface area contributed by atoms with Crippen LogP contribution in [0.5, 0.6) is 6.01 Å². The van der Waals surface area contributed by atoms with Gasteiger partial charge in [0.05, 0.1) is 11.0 Å². The summed E-state index contributed by atoms with van der Waals surface area (Å²) in [6.45, 7) is 2.71. The predicted octanol–water partition coefficient (Wildman–Crippen LogP) is 3.50. The van der Waals surface area contributed by atoms with Gasteiger partial charge in [-0.3, -0.25) is 9.69 Å². The van der Waals surface area contributed by atoms with Crippen molar-refractivity contribution >= 4 is 23.0 Å². The Morgan fingerprint density at radius 1 is 1.08 bits per heavy atom. The molecule has 194 valence electrons. The van der Waals surface area contributed by atoms with Crippen LogP contribution in [0, 0.1) is 5.92 Å². The lowest BCUT2D eigenvalue weighted by Gasteiger charge is -2.35. The van der Waals surface area contributed by atoms with Gasteiger partial charge in [0.1, 0.15) is 0 Å². The lowest BCUT2D eigenvalue weighted by Crippen LogP contribution is -2.44. The normalized spacial score (nSPS) is 19.5. The minimum absolute atomic E-state index is 0.0657. The molecule has 6 rings (SSSR count). The van der Waals surface area contributed by atoms with E-state index in [4.69, 9.17) is 4.74 Å². The summed E-state index contributed by atoms with van der Waals surface area (Å²) < 4.78 is 5.39. The maximum atomic E-state index is 13.4. The van der Waals surface area contributed by atoms with E-state index in [0.29, 0.717) is 40.2 Å². The quantitative estimate of drug-likeness (QED) is 0.315. The number of H-pyrrole nitrogens is 1. The number of hydrogen-bond donors (Lipinski definition) is 4. The third-order valence-corrected chi connectivity index (χ3v) is 7.40. The molecule has 0 bridgehead atoms. The molecular formula is C29H29N5O4. The second-order valence-electron chi connectivity index (χ2n) is 9.83. The van der Waals surface area contributed by atoms with Crippen LogP contribution >= 0.6 is 0 Å². The highest BCUT2D eigenvalue weighted by Crippen LogP contribution is 2.43. The van der Waals surface area contributed by atoms with Gasteiger partial charge in [0.2, 0.25) is 0 Å². The van der Waals surface area contributed by atoms with E-state index in [1.807, 2.05) is 36.4 Å². The molecule has 2 aliphatic heterocycles. The summed E-state index contributed by atoms with van der Waals surface area (Å²) in [7, 11) is 0. The average molecular weight is 512 g/mol. The van der Waals surface area contributed by atoms with Crippen LogP contribution in [0.2, 0.25) is 0 Å². The molecule has 2 aliphatic rings. The first-order chi connectivity index (χ1) is 18.5. The fraction of sp³-hybridized carbons (Fsp3) is 0.276. The third kappa shape index (κ3) is 4.40. The van der Waals surface area contributed by atoms with Crippen LogP contribution in [-0.4, -0.2) is 51.6 Å². The van der Waals surface area contributed by atoms with Crippen LogP contribution in [0.3, 0.4) is 0 Å². The van der Waals surface area contributed by atoms with Crippen molar-refractivity contribution in [2.75, 3.05) is 19.6 Å². The van der Waals surface area contributed by atoms with E-state index in [1.54, 1.807) is 36.4 Å². The topological polar surface area (TPSA) is 120 Å². The smallest absolute Gasteiger partial charge is 0.375 e. The van der Waals surface area contributed by atoms with Gasteiger partial charge < -0.3 is 25.5 Å². The second kappa shape index (κ2) is 9.92. The number of aliphatic hydroxyl groups is 1.